The number of carbonyl (C=O) groups excluding carboxylic acids is 1. The molecule has 1 aliphatic rings. The number of hydrogen-bond acceptors (Lipinski definition) is 3. The van der Waals surface area contributed by atoms with Crippen molar-refractivity contribution in [2.75, 3.05) is 13.2 Å². The van der Waals surface area contributed by atoms with Crippen LogP contribution in [0.4, 0.5) is 0 Å². The van der Waals surface area contributed by atoms with E-state index in [0.29, 0.717) is 23.5 Å². The van der Waals surface area contributed by atoms with Crippen LogP contribution in [-0.2, 0) is 0 Å². The van der Waals surface area contributed by atoms with Gasteiger partial charge < -0.3 is 9.47 Å². The van der Waals surface area contributed by atoms with Gasteiger partial charge in [-0.25, -0.2) is 0 Å². The second-order valence-corrected chi connectivity index (χ2v) is 5.55. The maximum Gasteiger partial charge on any atom is 0.196 e. The highest BCUT2D eigenvalue weighted by molar-refractivity contribution is 6.14. The average molecular weight is 308 g/mol. The molecule has 3 heteroatoms. The van der Waals surface area contributed by atoms with Crippen LogP contribution in [0, 0.1) is 0 Å². The van der Waals surface area contributed by atoms with Gasteiger partial charge in [0.05, 0.1) is 12.2 Å². The molecule has 23 heavy (non-hydrogen) atoms. The summed E-state index contributed by atoms with van der Waals surface area (Å²) in [7, 11) is 0. The number of ketones is 1. The Morgan fingerprint density at radius 1 is 1.13 bits per heavy atom. The van der Waals surface area contributed by atoms with E-state index in [2.05, 4.69) is 6.92 Å². The minimum atomic E-state index is 0.0372. The number of para-hydroxylation sites is 1. The lowest BCUT2D eigenvalue weighted by molar-refractivity contribution is 0.100. The number of Topliss-reactive ketones (excluding diaryl/α,β-unsaturated/α-hetero) is 1. The predicted octanol–water partition coefficient (Wildman–Crippen LogP) is 4.52. The van der Waals surface area contributed by atoms with Gasteiger partial charge in [0.2, 0.25) is 0 Å². The molecule has 0 fully saturated rings. The molecule has 0 N–H and O–H groups in total. The number of unbranched alkanes of at least 4 members (excludes halogenated alkanes) is 1. The highest BCUT2D eigenvalue weighted by Gasteiger charge is 2.22. The topological polar surface area (TPSA) is 35.5 Å². The largest absolute Gasteiger partial charge is 0.494 e. The van der Waals surface area contributed by atoms with Crippen LogP contribution in [0.2, 0.25) is 0 Å². The van der Waals surface area contributed by atoms with Crippen molar-refractivity contribution >= 4 is 11.9 Å². The zero-order valence-electron chi connectivity index (χ0n) is 13.2. The molecule has 0 atom stereocenters. The molecule has 2 aromatic rings. The van der Waals surface area contributed by atoms with Gasteiger partial charge in [-0.05, 0) is 42.3 Å². The number of hydrogen-bond donors (Lipinski definition) is 0. The van der Waals surface area contributed by atoms with Gasteiger partial charge in [-0.15, -0.1) is 0 Å². The molecule has 0 radical (unpaired) electrons. The lowest BCUT2D eigenvalue weighted by atomic mass is 9.98. The number of carbonyl (C=O) groups is 1. The average Bonchev–Trinajstić information content (AvgIpc) is 2.59. The highest BCUT2D eigenvalue weighted by Crippen LogP contribution is 2.27. The molecular formula is C20H20O3. The first-order chi connectivity index (χ1) is 11.3. The molecule has 2 aromatic carbocycles. The van der Waals surface area contributed by atoms with E-state index in [1.54, 1.807) is 6.07 Å². The third-order valence-corrected chi connectivity index (χ3v) is 3.79. The van der Waals surface area contributed by atoms with E-state index in [0.717, 1.165) is 30.8 Å². The molecule has 0 bridgehead atoms. The van der Waals surface area contributed by atoms with E-state index < -0.39 is 0 Å². The summed E-state index contributed by atoms with van der Waals surface area (Å²) in [4.78, 5) is 12.5. The van der Waals surface area contributed by atoms with Crippen molar-refractivity contribution in [3.8, 4) is 11.5 Å². The first-order valence-electron chi connectivity index (χ1n) is 7.98. The molecule has 0 unspecified atom stereocenters. The van der Waals surface area contributed by atoms with E-state index in [1.165, 1.54) is 0 Å². The Kier molecular flexibility index (Phi) is 4.77. The Morgan fingerprint density at radius 2 is 1.91 bits per heavy atom. The van der Waals surface area contributed by atoms with Gasteiger partial charge in [0.25, 0.3) is 0 Å². The molecule has 0 saturated heterocycles. The third-order valence-electron chi connectivity index (χ3n) is 3.79. The van der Waals surface area contributed by atoms with Crippen LogP contribution >= 0.6 is 0 Å². The molecule has 0 saturated carbocycles. The molecule has 0 aliphatic carbocycles. The van der Waals surface area contributed by atoms with E-state index in [9.17, 15) is 4.79 Å². The lowest BCUT2D eigenvalue weighted by Crippen LogP contribution is -2.18. The Morgan fingerprint density at radius 3 is 2.70 bits per heavy atom. The molecular weight excluding hydrogens is 288 g/mol. The van der Waals surface area contributed by atoms with Gasteiger partial charge in [-0.1, -0.05) is 37.6 Å². The molecule has 118 valence electrons. The normalized spacial score (nSPS) is 15.2. The maximum absolute atomic E-state index is 12.5. The summed E-state index contributed by atoms with van der Waals surface area (Å²) in [6, 6.07) is 15.1. The third kappa shape index (κ3) is 3.62. The molecule has 0 aromatic heterocycles. The van der Waals surface area contributed by atoms with Crippen molar-refractivity contribution in [3.63, 3.8) is 0 Å². The number of rotatable bonds is 5. The maximum atomic E-state index is 12.5. The second-order valence-electron chi connectivity index (χ2n) is 5.55. The summed E-state index contributed by atoms with van der Waals surface area (Å²) in [5.41, 5.74) is 2.27. The number of ether oxygens (including phenoxy) is 2. The Bertz CT molecular complexity index is 714. The van der Waals surface area contributed by atoms with Gasteiger partial charge in [0.15, 0.2) is 5.78 Å². The minimum absolute atomic E-state index is 0.0372. The summed E-state index contributed by atoms with van der Waals surface area (Å²) in [5, 5.41) is 0. The quantitative estimate of drug-likeness (QED) is 0.601. The SMILES string of the molecule is CCCCOc1ccc(/C=C2/COc3ccccc3C2=O)cc1. The molecule has 3 nitrogen and oxygen atoms in total. The summed E-state index contributed by atoms with van der Waals surface area (Å²) >= 11 is 0. The minimum Gasteiger partial charge on any atom is -0.494 e. The van der Waals surface area contributed by atoms with Gasteiger partial charge in [0.1, 0.15) is 18.1 Å². The molecule has 1 aliphatic heterocycles. The molecule has 3 rings (SSSR count). The highest BCUT2D eigenvalue weighted by atomic mass is 16.5. The smallest absolute Gasteiger partial charge is 0.196 e. The fourth-order valence-corrected chi connectivity index (χ4v) is 2.48. The fourth-order valence-electron chi connectivity index (χ4n) is 2.48. The van der Waals surface area contributed by atoms with Crippen molar-refractivity contribution in [2.24, 2.45) is 0 Å². The van der Waals surface area contributed by atoms with Gasteiger partial charge in [-0.3, -0.25) is 4.79 Å². The second kappa shape index (κ2) is 7.14. The predicted molar refractivity (Wildman–Crippen MR) is 91.1 cm³/mol. The zero-order valence-corrected chi connectivity index (χ0v) is 13.2. The zero-order chi connectivity index (χ0) is 16.1. The summed E-state index contributed by atoms with van der Waals surface area (Å²) in [5.74, 6) is 1.56. The van der Waals surface area contributed by atoms with E-state index in [4.69, 9.17) is 9.47 Å². The van der Waals surface area contributed by atoms with Crippen molar-refractivity contribution < 1.29 is 14.3 Å². The Labute approximate surface area is 136 Å². The Hall–Kier alpha value is -2.55. The van der Waals surface area contributed by atoms with E-state index in [-0.39, 0.29) is 5.78 Å². The number of fused-ring (bicyclic) bond motifs is 1. The van der Waals surface area contributed by atoms with Crippen LogP contribution in [0.25, 0.3) is 6.08 Å². The first-order valence-corrected chi connectivity index (χ1v) is 7.98. The van der Waals surface area contributed by atoms with Gasteiger partial charge in [0, 0.05) is 5.57 Å². The van der Waals surface area contributed by atoms with Crippen molar-refractivity contribution in [3.05, 3.63) is 65.2 Å². The monoisotopic (exact) mass is 308 g/mol. The molecule has 0 spiro atoms. The van der Waals surface area contributed by atoms with Crippen LogP contribution in [-0.4, -0.2) is 19.0 Å². The van der Waals surface area contributed by atoms with Crippen LogP contribution in [0.5, 0.6) is 11.5 Å². The van der Waals surface area contributed by atoms with Crippen molar-refractivity contribution in [2.45, 2.75) is 19.8 Å². The summed E-state index contributed by atoms with van der Waals surface area (Å²) < 4.78 is 11.3. The summed E-state index contributed by atoms with van der Waals surface area (Å²) in [6.07, 6.45) is 4.05. The van der Waals surface area contributed by atoms with E-state index >= 15 is 0 Å². The summed E-state index contributed by atoms with van der Waals surface area (Å²) in [6.45, 7) is 3.19. The first kappa shape index (κ1) is 15.3. The van der Waals surface area contributed by atoms with Crippen LogP contribution in [0.3, 0.4) is 0 Å². The van der Waals surface area contributed by atoms with Crippen molar-refractivity contribution in [1.82, 2.24) is 0 Å². The van der Waals surface area contributed by atoms with Gasteiger partial charge in [-0.2, -0.15) is 0 Å². The fraction of sp³-hybridized carbons (Fsp3) is 0.250. The van der Waals surface area contributed by atoms with Crippen LogP contribution in [0.15, 0.2) is 54.1 Å². The lowest BCUT2D eigenvalue weighted by Gasteiger charge is -2.18. The number of benzene rings is 2. The molecule has 0 amide bonds. The Balaban J connectivity index is 1.73. The van der Waals surface area contributed by atoms with Crippen LogP contribution in [0.1, 0.15) is 35.7 Å². The van der Waals surface area contributed by atoms with Crippen LogP contribution < -0.4 is 9.47 Å². The standard InChI is InChI=1S/C20H20O3/c1-2-3-12-22-17-10-8-15(9-11-17)13-16-14-23-19-7-5-4-6-18(19)20(16)21/h4-11,13H,2-3,12,14H2,1H3/b16-13-. The van der Waals surface area contributed by atoms with Gasteiger partial charge >= 0.3 is 0 Å². The van der Waals surface area contributed by atoms with Crippen molar-refractivity contribution in [1.29, 1.82) is 0 Å². The molecule has 1 heterocycles. The van der Waals surface area contributed by atoms with E-state index in [1.807, 2.05) is 48.5 Å².